The summed E-state index contributed by atoms with van der Waals surface area (Å²) in [5.74, 6) is 0.689. The third-order valence-electron chi connectivity index (χ3n) is 5.95. The average molecular weight is 412 g/mol. The Morgan fingerprint density at radius 3 is 2.65 bits per heavy atom. The fourth-order valence-corrected chi connectivity index (χ4v) is 4.24. The van der Waals surface area contributed by atoms with Gasteiger partial charge in [0.15, 0.2) is 5.69 Å². The molecule has 5 rings (SSSR count). The summed E-state index contributed by atoms with van der Waals surface area (Å²) in [5, 5.41) is 8.18. The number of fused-ring (bicyclic) bond motifs is 1. The normalized spacial score (nSPS) is 16.5. The van der Waals surface area contributed by atoms with Gasteiger partial charge in [-0.05, 0) is 50.1 Å². The summed E-state index contributed by atoms with van der Waals surface area (Å²) in [5.41, 5.74) is 11.2. The maximum absolute atomic E-state index is 13.2. The van der Waals surface area contributed by atoms with Crippen LogP contribution in [0.2, 0.25) is 0 Å². The summed E-state index contributed by atoms with van der Waals surface area (Å²) in [6.45, 7) is 3.41. The van der Waals surface area contributed by atoms with E-state index in [4.69, 9.17) is 10.7 Å². The second-order valence-electron chi connectivity index (χ2n) is 8.16. The Bertz CT molecular complexity index is 1230. The van der Waals surface area contributed by atoms with Crippen LogP contribution in [0.3, 0.4) is 0 Å². The van der Waals surface area contributed by atoms with Crippen molar-refractivity contribution in [2.24, 2.45) is 0 Å². The third-order valence-corrected chi connectivity index (χ3v) is 5.95. The highest BCUT2D eigenvalue weighted by molar-refractivity contribution is 6.04. The molecule has 0 radical (unpaired) electrons. The number of aromatic amines is 1. The van der Waals surface area contributed by atoms with Crippen LogP contribution >= 0.6 is 0 Å². The summed E-state index contributed by atoms with van der Waals surface area (Å²) in [6, 6.07) is 13.8. The number of amides is 1. The molecule has 1 atom stereocenters. The zero-order valence-electron chi connectivity index (χ0n) is 17.4. The van der Waals surface area contributed by atoms with E-state index in [-0.39, 0.29) is 11.8 Å². The van der Waals surface area contributed by atoms with Gasteiger partial charge in [0.2, 0.25) is 0 Å². The first kappa shape index (κ1) is 19.2. The van der Waals surface area contributed by atoms with E-state index in [0.29, 0.717) is 18.1 Å². The lowest BCUT2D eigenvalue weighted by molar-refractivity contribution is 0.0702. The fourth-order valence-electron chi connectivity index (χ4n) is 4.24. The zero-order valence-corrected chi connectivity index (χ0v) is 17.4. The van der Waals surface area contributed by atoms with Gasteiger partial charge < -0.3 is 10.6 Å². The van der Waals surface area contributed by atoms with Crippen molar-refractivity contribution in [1.29, 1.82) is 0 Å². The second kappa shape index (κ2) is 7.83. The number of anilines is 1. The summed E-state index contributed by atoms with van der Waals surface area (Å²) >= 11 is 0. The highest BCUT2D eigenvalue weighted by Gasteiger charge is 2.28. The lowest BCUT2D eigenvalue weighted by atomic mass is 9.93. The number of benzene rings is 1. The minimum Gasteiger partial charge on any atom is -0.384 e. The number of piperidine rings is 1. The molecule has 3 N–H and O–H groups in total. The summed E-state index contributed by atoms with van der Waals surface area (Å²) < 4.78 is 0. The summed E-state index contributed by atoms with van der Waals surface area (Å²) in [6.07, 6.45) is 5.58. The molecule has 0 saturated carbocycles. The molecule has 1 aromatic carbocycles. The van der Waals surface area contributed by atoms with Gasteiger partial charge in [-0.2, -0.15) is 5.10 Å². The van der Waals surface area contributed by atoms with Crippen LogP contribution in [0.25, 0.3) is 22.0 Å². The predicted molar refractivity (Wildman–Crippen MR) is 121 cm³/mol. The van der Waals surface area contributed by atoms with Gasteiger partial charge in [0.25, 0.3) is 5.91 Å². The van der Waals surface area contributed by atoms with Crippen LogP contribution in [0.5, 0.6) is 0 Å². The monoisotopic (exact) mass is 412 g/mol. The smallest absolute Gasteiger partial charge is 0.275 e. The average Bonchev–Trinajstić information content (AvgIpc) is 3.22. The first-order chi connectivity index (χ1) is 15.1. The van der Waals surface area contributed by atoms with Crippen LogP contribution in [0.15, 0.2) is 54.9 Å². The molecule has 4 aromatic rings. The zero-order chi connectivity index (χ0) is 21.4. The van der Waals surface area contributed by atoms with E-state index in [1.54, 1.807) is 12.3 Å². The number of nitrogen functional groups attached to an aromatic ring is 1. The molecule has 7 heteroatoms. The van der Waals surface area contributed by atoms with Gasteiger partial charge in [0.05, 0.1) is 5.52 Å². The van der Waals surface area contributed by atoms with Gasteiger partial charge in [-0.1, -0.05) is 17.7 Å². The number of H-pyrrole nitrogens is 1. The van der Waals surface area contributed by atoms with Crippen LogP contribution in [0.1, 0.15) is 40.5 Å². The van der Waals surface area contributed by atoms with Crippen molar-refractivity contribution in [3.63, 3.8) is 0 Å². The van der Waals surface area contributed by atoms with E-state index < -0.39 is 0 Å². The van der Waals surface area contributed by atoms with Gasteiger partial charge in [0, 0.05) is 53.6 Å². The molecular formula is C24H24N6O. The molecule has 1 fully saturated rings. The van der Waals surface area contributed by atoms with Crippen molar-refractivity contribution in [2.75, 3.05) is 18.8 Å². The van der Waals surface area contributed by atoms with Gasteiger partial charge >= 0.3 is 0 Å². The minimum atomic E-state index is -0.0221. The van der Waals surface area contributed by atoms with Crippen molar-refractivity contribution < 1.29 is 4.79 Å². The predicted octanol–water partition coefficient (Wildman–Crippen LogP) is 3.93. The third kappa shape index (κ3) is 3.74. The van der Waals surface area contributed by atoms with Crippen molar-refractivity contribution >= 4 is 22.6 Å². The molecule has 0 bridgehead atoms. The number of nitrogens with one attached hydrogen (secondary N) is 1. The van der Waals surface area contributed by atoms with Crippen molar-refractivity contribution in [3.05, 3.63) is 71.8 Å². The van der Waals surface area contributed by atoms with E-state index in [9.17, 15) is 4.79 Å². The van der Waals surface area contributed by atoms with Crippen molar-refractivity contribution in [1.82, 2.24) is 25.1 Å². The molecule has 31 heavy (non-hydrogen) atoms. The quantitative estimate of drug-likeness (QED) is 0.531. The molecule has 156 valence electrons. The number of hydrogen-bond donors (Lipinski definition) is 2. The molecule has 0 spiro atoms. The standard InChI is InChI=1S/C24H24N6O/c1-15-4-7-21-19(11-15)23(29-28-21)24(31)30-10-2-3-18(14-30)20-8-5-16(12-26-20)17-6-9-22(25)27-13-17/h4-9,11-13,18H,2-3,10,14H2,1H3,(H2,25,27)(H,28,29). The number of hydrogen-bond acceptors (Lipinski definition) is 5. The maximum atomic E-state index is 13.2. The number of likely N-dealkylation sites (tertiary alicyclic amines) is 1. The molecule has 1 saturated heterocycles. The molecule has 1 amide bonds. The molecule has 3 aromatic heterocycles. The molecule has 1 aliphatic rings. The molecule has 1 aliphatic heterocycles. The number of nitrogens with two attached hydrogens (primary N) is 1. The van der Waals surface area contributed by atoms with Crippen LogP contribution in [-0.4, -0.2) is 44.1 Å². The largest absolute Gasteiger partial charge is 0.384 e. The van der Waals surface area contributed by atoms with Gasteiger partial charge in [-0.3, -0.25) is 14.9 Å². The van der Waals surface area contributed by atoms with Gasteiger partial charge in [-0.25, -0.2) is 4.98 Å². The Labute approximate surface area is 180 Å². The lowest BCUT2D eigenvalue weighted by Gasteiger charge is -2.32. The highest BCUT2D eigenvalue weighted by Crippen LogP contribution is 2.29. The number of rotatable bonds is 3. The number of nitrogens with zero attached hydrogens (tertiary/aromatic N) is 4. The van der Waals surface area contributed by atoms with Gasteiger partial charge in [0.1, 0.15) is 5.82 Å². The van der Waals surface area contributed by atoms with E-state index in [1.807, 2.05) is 42.3 Å². The molecule has 0 aliphatic carbocycles. The van der Waals surface area contributed by atoms with Crippen molar-refractivity contribution in [3.8, 4) is 11.1 Å². The van der Waals surface area contributed by atoms with Crippen LogP contribution in [0.4, 0.5) is 5.82 Å². The summed E-state index contributed by atoms with van der Waals surface area (Å²) in [4.78, 5) is 24.0. The first-order valence-electron chi connectivity index (χ1n) is 10.5. The number of carbonyl (C=O) groups is 1. The van der Waals surface area contributed by atoms with Crippen LogP contribution in [-0.2, 0) is 0 Å². The Kier molecular flexibility index (Phi) is 4.86. The molecular weight excluding hydrogens is 388 g/mol. The van der Waals surface area contributed by atoms with Crippen LogP contribution < -0.4 is 5.73 Å². The minimum absolute atomic E-state index is 0.0221. The van der Waals surface area contributed by atoms with Crippen molar-refractivity contribution in [2.45, 2.75) is 25.7 Å². The van der Waals surface area contributed by atoms with E-state index >= 15 is 0 Å². The molecule has 4 heterocycles. The lowest BCUT2D eigenvalue weighted by Crippen LogP contribution is -2.39. The highest BCUT2D eigenvalue weighted by atomic mass is 16.2. The van der Waals surface area contributed by atoms with E-state index in [0.717, 1.165) is 52.7 Å². The Balaban J connectivity index is 1.34. The topological polar surface area (TPSA) is 101 Å². The van der Waals surface area contributed by atoms with E-state index in [1.165, 1.54) is 0 Å². The molecule has 1 unspecified atom stereocenters. The Hall–Kier alpha value is -3.74. The number of aromatic nitrogens is 4. The maximum Gasteiger partial charge on any atom is 0.275 e. The first-order valence-corrected chi connectivity index (χ1v) is 10.5. The Morgan fingerprint density at radius 1 is 1.10 bits per heavy atom. The summed E-state index contributed by atoms with van der Waals surface area (Å²) in [7, 11) is 0. The SMILES string of the molecule is Cc1ccc2[nH]nc(C(=O)N3CCCC(c4ccc(-c5ccc(N)nc5)cn4)C3)c2c1. The Morgan fingerprint density at radius 2 is 1.90 bits per heavy atom. The van der Waals surface area contributed by atoms with E-state index in [2.05, 4.69) is 27.3 Å². The van der Waals surface area contributed by atoms with Crippen LogP contribution in [0, 0.1) is 6.92 Å². The fraction of sp³-hybridized carbons (Fsp3) is 0.250. The number of aryl methyl sites for hydroxylation is 1. The number of carbonyl (C=O) groups excluding carboxylic acids is 1. The number of pyridine rings is 2. The second-order valence-corrected chi connectivity index (χ2v) is 8.16. The van der Waals surface area contributed by atoms with Gasteiger partial charge in [-0.15, -0.1) is 0 Å². The molecule has 7 nitrogen and oxygen atoms in total.